The van der Waals surface area contributed by atoms with E-state index in [1.165, 1.54) is 11.1 Å². The molecule has 0 heterocycles. The largest absolute Gasteiger partial charge is 0.478 e. The van der Waals surface area contributed by atoms with Crippen molar-refractivity contribution in [2.24, 2.45) is 0 Å². The van der Waals surface area contributed by atoms with Crippen molar-refractivity contribution < 1.29 is 9.90 Å². The molecular formula is C12H15NO2. The fourth-order valence-electron chi connectivity index (χ4n) is 1.41. The summed E-state index contributed by atoms with van der Waals surface area (Å²) in [6, 6.07) is 6.15. The maximum Gasteiger partial charge on any atom is 0.328 e. The van der Waals surface area contributed by atoms with Gasteiger partial charge in [0, 0.05) is 18.3 Å². The van der Waals surface area contributed by atoms with Crippen LogP contribution in [0.4, 0.5) is 5.69 Å². The number of hydrogen-bond donors (Lipinski definition) is 2. The lowest BCUT2D eigenvalue weighted by Gasteiger charge is -2.05. The number of rotatable bonds is 4. The molecule has 80 valence electrons. The molecule has 0 aliphatic carbocycles. The number of benzene rings is 1. The van der Waals surface area contributed by atoms with E-state index in [2.05, 4.69) is 11.4 Å². The second-order valence-electron chi connectivity index (χ2n) is 3.50. The Morgan fingerprint density at radius 1 is 1.33 bits per heavy atom. The van der Waals surface area contributed by atoms with Gasteiger partial charge in [-0.15, -0.1) is 0 Å². The van der Waals surface area contributed by atoms with Gasteiger partial charge in [-0.05, 0) is 37.1 Å². The Morgan fingerprint density at radius 3 is 2.47 bits per heavy atom. The predicted molar refractivity (Wildman–Crippen MR) is 61.2 cm³/mol. The van der Waals surface area contributed by atoms with Crippen LogP contribution in [0.15, 0.2) is 30.4 Å². The lowest BCUT2D eigenvalue weighted by Crippen LogP contribution is -2.00. The molecule has 0 amide bonds. The topological polar surface area (TPSA) is 49.3 Å². The fraction of sp³-hybridized carbons (Fsp3) is 0.250. The van der Waals surface area contributed by atoms with Gasteiger partial charge in [-0.25, -0.2) is 4.79 Å². The Morgan fingerprint density at radius 2 is 1.93 bits per heavy atom. The minimum absolute atomic E-state index is 0.523. The normalized spacial score (nSPS) is 10.5. The van der Waals surface area contributed by atoms with Crippen LogP contribution in [0.2, 0.25) is 0 Å². The Kier molecular flexibility index (Phi) is 3.92. The molecule has 0 unspecified atom stereocenters. The average molecular weight is 205 g/mol. The molecule has 3 heteroatoms. The van der Waals surface area contributed by atoms with Crippen LogP contribution in [-0.4, -0.2) is 17.6 Å². The number of aryl methyl sites for hydroxylation is 2. The van der Waals surface area contributed by atoms with Crippen LogP contribution >= 0.6 is 0 Å². The summed E-state index contributed by atoms with van der Waals surface area (Å²) in [6.07, 6.45) is 2.72. The Bertz CT molecular complexity index is 363. The van der Waals surface area contributed by atoms with Gasteiger partial charge in [0.2, 0.25) is 0 Å². The molecule has 0 aliphatic rings. The Labute approximate surface area is 89.4 Å². The maximum atomic E-state index is 10.2. The van der Waals surface area contributed by atoms with Gasteiger partial charge in [0.15, 0.2) is 0 Å². The van der Waals surface area contributed by atoms with Crippen molar-refractivity contribution in [3.63, 3.8) is 0 Å². The van der Waals surface area contributed by atoms with E-state index in [1.807, 2.05) is 26.0 Å². The van der Waals surface area contributed by atoms with E-state index < -0.39 is 5.97 Å². The molecule has 1 aromatic rings. The number of nitrogens with one attached hydrogen (secondary N) is 1. The molecule has 1 aromatic carbocycles. The summed E-state index contributed by atoms with van der Waals surface area (Å²) in [6.45, 7) is 4.59. The smallest absolute Gasteiger partial charge is 0.328 e. The first-order valence-corrected chi connectivity index (χ1v) is 4.79. The van der Waals surface area contributed by atoms with Crippen LogP contribution in [-0.2, 0) is 4.79 Å². The minimum Gasteiger partial charge on any atom is -0.478 e. The molecule has 0 radical (unpaired) electrons. The lowest BCUT2D eigenvalue weighted by atomic mass is 10.1. The summed E-state index contributed by atoms with van der Waals surface area (Å²) in [5.41, 5.74) is 3.40. The van der Waals surface area contributed by atoms with E-state index in [0.29, 0.717) is 6.54 Å². The molecule has 15 heavy (non-hydrogen) atoms. The Hall–Kier alpha value is -1.77. The van der Waals surface area contributed by atoms with E-state index in [9.17, 15) is 4.79 Å². The molecule has 0 bridgehead atoms. The zero-order valence-corrected chi connectivity index (χ0v) is 8.95. The highest BCUT2D eigenvalue weighted by atomic mass is 16.4. The van der Waals surface area contributed by atoms with Crippen LogP contribution in [0.1, 0.15) is 11.1 Å². The molecule has 0 fully saturated rings. The van der Waals surface area contributed by atoms with Gasteiger partial charge in [0.25, 0.3) is 0 Å². The molecule has 0 spiro atoms. The summed E-state index contributed by atoms with van der Waals surface area (Å²) in [7, 11) is 0. The van der Waals surface area contributed by atoms with Gasteiger partial charge in [0.1, 0.15) is 0 Å². The monoisotopic (exact) mass is 205 g/mol. The van der Waals surface area contributed by atoms with Crippen LogP contribution < -0.4 is 5.32 Å². The van der Waals surface area contributed by atoms with Crippen molar-refractivity contribution in [3.8, 4) is 0 Å². The molecule has 2 N–H and O–H groups in total. The van der Waals surface area contributed by atoms with Crippen molar-refractivity contribution in [1.29, 1.82) is 0 Å². The zero-order chi connectivity index (χ0) is 11.3. The van der Waals surface area contributed by atoms with Crippen LogP contribution in [0, 0.1) is 13.8 Å². The molecule has 0 saturated heterocycles. The molecule has 0 aromatic heterocycles. The van der Waals surface area contributed by atoms with E-state index in [4.69, 9.17) is 5.11 Å². The van der Waals surface area contributed by atoms with Gasteiger partial charge >= 0.3 is 5.97 Å². The van der Waals surface area contributed by atoms with Crippen molar-refractivity contribution >= 4 is 11.7 Å². The molecule has 3 nitrogen and oxygen atoms in total. The maximum absolute atomic E-state index is 10.2. The fourth-order valence-corrected chi connectivity index (χ4v) is 1.41. The molecule has 0 saturated carbocycles. The predicted octanol–water partition coefficient (Wildman–Crippen LogP) is 2.36. The van der Waals surface area contributed by atoms with Gasteiger partial charge in [-0.2, -0.15) is 0 Å². The number of carbonyl (C=O) groups is 1. The SMILES string of the molecule is Cc1cc(C)cc(NC/C=C/C(=O)O)c1. The second-order valence-corrected chi connectivity index (χ2v) is 3.50. The summed E-state index contributed by atoms with van der Waals surface area (Å²) in [4.78, 5) is 10.2. The second kappa shape index (κ2) is 5.20. The molecule has 0 atom stereocenters. The number of aliphatic carboxylic acids is 1. The zero-order valence-electron chi connectivity index (χ0n) is 8.95. The minimum atomic E-state index is -0.919. The number of carboxylic acids is 1. The quantitative estimate of drug-likeness (QED) is 0.742. The standard InChI is InChI=1S/C12H15NO2/c1-9-6-10(2)8-11(7-9)13-5-3-4-12(14)15/h3-4,6-8,13H,5H2,1-2H3,(H,14,15)/b4-3+. The first-order chi connectivity index (χ1) is 7.08. The Balaban J connectivity index is 2.54. The first-order valence-electron chi connectivity index (χ1n) is 4.79. The highest BCUT2D eigenvalue weighted by molar-refractivity contribution is 5.79. The van der Waals surface area contributed by atoms with Crippen molar-refractivity contribution in [1.82, 2.24) is 0 Å². The summed E-state index contributed by atoms with van der Waals surface area (Å²) >= 11 is 0. The summed E-state index contributed by atoms with van der Waals surface area (Å²) in [5.74, 6) is -0.919. The average Bonchev–Trinajstić information content (AvgIpc) is 2.10. The molecule has 0 aliphatic heterocycles. The lowest BCUT2D eigenvalue weighted by molar-refractivity contribution is -0.131. The van der Waals surface area contributed by atoms with E-state index in [1.54, 1.807) is 6.08 Å². The number of anilines is 1. The van der Waals surface area contributed by atoms with E-state index in [0.717, 1.165) is 11.8 Å². The van der Waals surface area contributed by atoms with E-state index in [-0.39, 0.29) is 0 Å². The van der Waals surface area contributed by atoms with Crippen molar-refractivity contribution in [2.75, 3.05) is 11.9 Å². The third kappa shape index (κ3) is 4.31. The van der Waals surface area contributed by atoms with Gasteiger partial charge < -0.3 is 10.4 Å². The van der Waals surface area contributed by atoms with E-state index >= 15 is 0 Å². The number of carboxylic acid groups (broad SMARTS) is 1. The van der Waals surface area contributed by atoms with Crippen molar-refractivity contribution in [2.45, 2.75) is 13.8 Å². The van der Waals surface area contributed by atoms with Crippen LogP contribution in [0.3, 0.4) is 0 Å². The van der Waals surface area contributed by atoms with Crippen molar-refractivity contribution in [3.05, 3.63) is 41.5 Å². The third-order valence-electron chi connectivity index (χ3n) is 1.91. The van der Waals surface area contributed by atoms with Gasteiger partial charge in [0.05, 0.1) is 0 Å². The van der Waals surface area contributed by atoms with Crippen LogP contribution in [0.25, 0.3) is 0 Å². The molecule has 1 rings (SSSR count). The number of hydrogen-bond acceptors (Lipinski definition) is 2. The van der Waals surface area contributed by atoms with Crippen LogP contribution in [0.5, 0.6) is 0 Å². The van der Waals surface area contributed by atoms with Gasteiger partial charge in [-0.1, -0.05) is 12.1 Å². The summed E-state index contributed by atoms with van der Waals surface area (Å²) < 4.78 is 0. The molecular weight excluding hydrogens is 190 g/mol. The first kappa shape index (κ1) is 11.3. The van der Waals surface area contributed by atoms with Gasteiger partial charge in [-0.3, -0.25) is 0 Å². The summed E-state index contributed by atoms with van der Waals surface area (Å²) in [5, 5.41) is 11.5. The highest BCUT2D eigenvalue weighted by Crippen LogP contribution is 2.13. The third-order valence-corrected chi connectivity index (χ3v) is 1.91. The highest BCUT2D eigenvalue weighted by Gasteiger charge is 1.93.